The second kappa shape index (κ2) is 5.59. The Balaban J connectivity index is 2.74. The highest BCUT2D eigenvalue weighted by atomic mass is 31.2. The predicted molar refractivity (Wildman–Crippen MR) is 60.1 cm³/mol. The van der Waals surface area contributed by atoms with Crippen molar-refractivity contribution in [1.29, 1.82) is 0 Å². The van der Waals surface area contributed by atoms with Gasteiger partial charge in [0, 0.05) is 11.8 Å². The van der Waals surface area contributed by atoms with Gasteiger partial charge in [-0.2, -0.15) is 0 Å². The zero-order valence-corrected chi connectivity index (χ0v) is 10.3. The number of nitrogens with zero attached hydrogens (tertiary/aromatic N) is 1. The van der Waals surface area contributed by atoms with Crippen molar-refractivity contribution in [3.8, 4) is 0 Å². The van der Waals surface area contributed by atoms with E-state index in [4.69, 9.17) is 9.79 Å². The maximum atomic E-state index is 11.3. The lowest BCUT2D eigenvalue weighted by Crippen LogP contribution is -2.34. The molecule has 4 N–H and O–H groups in total. The first-order valence-electron chi connectivity index (χ1n) is 4.87. The molecule has 0 saturated heterocycles. The molecule has 102 valence electrons. The van der Waals surface area contributed by atoms with Crippen LogP contribution in [-0.4, -0.2) is 37.2 Å². The Bertz CT molecular complexity index is 572. The Morgan fingerprint density at radius 1 is 1.50 bits per heavy atom. The van der Waals surface area contributed by atoms with Crippen LogP contribution in [0.5, 0.6) is 0 Å². The minimum absolute atomic E-state index is 0.254. The van der Waals surface area contributed by atoms with Crippen molar-refractivity contribution in [1.82, 2.24) is 9.55 Å². The van der Waals surface area contributed by atoms with Gasteiger partial charge in [-0.3, -0.25) is 18.9 Å². The van der Waals surface area contributed by atoms with Gasteiger partial charge in [-0.15, -0.1) is 0 Å². The number of rotatable bonds is 5. The number of aromatic nitrogens is 2. The Morgan fingerprint density at radius 3 is 2.67 bits per heavy atom. The van der Waals surface area contributed by atoms with E-state index in [1.165, 1.54) is 13.1 Å². The largest absolute Gasteiger partial charge is 0.469 e. The fourth-order valence-corrected chi connectivity index (χ4v) is 1.58. The Kier molecular flexibility index (Phi) is 4.60. The smallest absolute Gasteiger partial charge is 0.389 e. The Labute approximate surface area is 101 Å². The van der Waals surface area contributed by atoms with E-state index in [0.717, 1.165) is 4.57 Å². The fourth-order valence-electron chi connectivity index (χ4n) is 1.22. The van der Waals surface area contributed by atoms with Gasteiger partial charge < -0.3 is 14.9 Å². The van der Waals surface area contributed by atoms with Gasteiger partial charge in [0.1, 0.15) is 0 Å². The highest BCUT2D eigenvalue weighted by molar-refractivity contribution is 7.46. The molecule has 10 heteroatoms. The van der Waals surface area contributed by atoms with Crippen LogP contribution in [0.25, 0.3) is 0 Å². The van der Waals surface area contributed by atoms with Gasteiger partial charge in [0.25, 0.3) is 5.56 Å². The molecule has 0 saturated carbocycles. The van der Waals surface area contributed by atoms with Crippen molar-refractivity contribution in [2.24, 2.45) is 0 Å². The molecule has 0 bridgehead atoms. The van der Waals surface area contributed by atoms with Crippen LogP contribution < -0.4 is 11.2 Å². The summed E-state index contributed by atoms with van der Waals surface area (Å²) in [7, 11) is -4.66. The number of nitrogens with one attached hydrogen (secondary N) is 1. The van der Waals surface area contributed by atoms with Gasteiger partial charge in [-0.25, -0.2) is 9.36 Å². The maximum absolute atomic E-state index is 11.3. The minimum atomic E-state index is -4.66. The molecule has 0 radical (unpaired) electrons. The molecule has 0 unspecified atom stereocenters. The average molecular weight is 280 g/mol. The first-order chi connectivity index (χ1) is 8.19. The van der Waals surface area contributed by atoms with E-state index in [2.05, 4.69) is 4.52 Å². The van der Waals surface area contributed by atoms with E-state index < -0.39 is 31.8 Å². The zero-order chi connectivity index (χ0) is 13.9. The molecule has 9 nitrogen and oxygen atoms in total. The van der Waals surface area contributed by atoms with Gasteiger partial charge in [0.05, 0.1) is 19.3 Å². The van der Waals surface area contributed by atoms with E-state index in [-0.39, 0.29) is 12.1 Å². The van der Waals surface area contributed by atoms with Crippen LogP contribution in [0.3, 0.4) is 0 Å². The van der Waals surface area contributed by atoms with Crippen LogP contribution in [0.1, 0.15) is 5.56 Å². The predicted octanol–water partition coefficient (Wildman–Crippen LogP) is -1.68. The third kappa shape index (κ3) is 4.55. The number of phosphoric ester groups is 1. The highest BCUT2D eigenvalue weighted by Crippen LogP contribution is 2.35. The lowest BCUT2D eigenvalue weighted by molar-refractivity contribution is 0.0723. The van der Waals surface area contributed by atoms with Crippen LogP contribution in [0, 0.1) is 6.92 Å². The number of aryl methyl sites for hydroxylation is 1. The number of phosphoric acid groups is 1. The van der Waals surface area contributed by atoms with Crippen LogP contribution in [0.2, 0.25) is 0 Å². The molecule has 1 aromatic rings. The van der Waals surface area contributed by atoms with Gasteiger partial charge in [-0.1, -0.05) is 0 Å². The molecular weight excluding hydrogens is 267 g/mol. The summed E-state index contributed by atoms with van der Waals surface area (Å²) >= 11 is 0. The maximum Gasteiger partial charge on any atom is 0.469 e. The summed E-state index contributed by atoms with van der Waals surface area (Å²) in [6.07, 6.45) is -0.0531. The van der Waals surface area contributed by atoms with Gasteiger partial charge in [-0.05, 0) is 6.92 Å². The molecule has 18 heavy (non-hydrogen) atoms. The van der Waals surface area contributed by atoms with E-state index in [1.807, 2.05) is 4.98 Å². The van der Waals surface area contributed by atoms with Crippen molar-refractivity contribution >= 4 is 7.82 Å². The monoisotopic (exact) mass is 280 g/mol. The normalized spacial score (nSPS) is 13.6. The molecule has 1 aromatic heterocycles. The SMILES string of the molecule is Cc1cn(C[C@H](O)COP(=O)(O)O)c(=O)[nH]c1=O. The standard InChI is InChI=1S/C8H13N2O7P/c1-5-2-10(8(13)9-7(5)12)3-6(11)4-17-18(14,15)16/h2,6,11H,3-4H2,1H3,(H,9,12,13)(H2,14,15,16)/t6-/m0/s1. The van der Waals surface area contributed by atoms with E-state index in [0.29, 0.717) is 0 Å². The fraction of sp³-hybridized carbons (Fsp3) is 0.500. The summed E-state index contributed by atoms with van der Waals surface area (Å²) in [6, 6.07) is 0. The molecule has 1 heterocycles. The third-order valence-corrected chi connectivity index (χ3v) is 2.52. The highest BCUT2D eigenvalue weighted by Gasteiger charge is 2.17. The molecule has 0 aromatic carbocycles. The van der Waals surface area contributed by atoms with Crippen molar-refractivity contribution in [2.45, 2.75) is 19.6 Å². The zero-order valence-electron chi connectivity index (χ0n) is 9.44. The molecule has 0 aliphatic rings. The first kappa shape index (κ1) is 14.8. The van der Waals surface area contributed by atoms with E-state index >= 15 is 0 Å². The second-order valence-electron chi connectivity index (χ2n) is 3.66. The number of aliphatic hydroxyl groups is 1. The van der Waals surface area contributed by atoms with Gasteiger partial charge in [0.2, 0.25) is 0 Å². The summed E-state index contributed by atoms with van der Waals surface area (Å²) in [6.45, 7) is 0.596. The van der Waals surface area contributed by atoms with Crippen molar-refractivity contribution in [3.05, 3.63) is 32.6 Å². The summed E-state index contributed by atoms with van der Waals surface area (Å²) in [5, 5.41) is 9.43. The van der Waals surface area contributed by atoms with Crippen LogP contribution in [-0.2, 0) is 15.6 Å². The summed E-state index contributed by atoms with van der Waals surface area (Å²) < 4.78 is 15.5. The van der Waals surface area contributed by atoms with Gasteiger partial charge in [0.15, 0.2) is 0 Å². The van der Waals surface area contributed by atoms with Gasteiger partial charge >= 0.3 is 13.5 Å². The molecular formula is C8H13N2O7P. The molecule has 0 amide bonds. The minimum Gasteiger partial charge on any atom is -0.389 e. The number of hydrogen-bond donors (Lipinski definition) is 4. The molecule has 0 aliphatic heterocycles. The number of aliphatic hydroxyl groups excluding tert-OH is 1. The molecule has 0 spiro atoms. The molecule has 1 atom stereocenters. The van der Waals surface area contributed by atoms with Crippen LogP contribution in [0.15, 0.2) is 15.8 Å². The van der Waals surface area contributed by atoms with Crippen LogP contribution in [0.4, 0.5) is 0 Å². The van der Waals surface area contributed by atoms with Crippen molar-refractivity contribution < 1.29 is 24.0 Å². The molecule has 0 aliphatic carbocycles. The summed E-state index contributed by atoms with van der Waals surface area (Å²) in [5.74, 6) is 0. The van der Waals surface area contributed by atoms with E-state index in [9.17, 15) is 19.3 Å². The third-order valence-electron chi connectivity index (χ3n) is 2.03. The lowest BCUT2D eigenvalue weighted by atomic mass is 10.3. The number of aromatic amines is 1. The Morgan fingerprint density at radius 2 is 2.11 bits per heavy atom. The Hall–Kier alpha value is -1.25. The number of H-pyrrole nitrogens is 1. The van der Waals surface area contributed by atoms with E-state index in [1.54, 1.807) is 0 Å². The van der Waals surface area contributed by atoms with Crippen LogP contribution >= 0.6 is 7.82 Å². The quantitative estimate of drug-likeness (QED) is 0.471. The summed E-state index contributed by atoms with van der Waals surface area (Å²) in [4.78, 5) is 41.3. The molecule has 0 fully saturated rings. The van der Waals surface area contributed by atoms with Crippen molar-refractivity contribution in [2.75, 3.05) is 6.61 Å². The topological polar surface area (TPSA) is 142 Å². The second-order valence-corrected chi connectivity index (χ2v) is 4.90. The number of hydrogen-bond acceptors (Lipinski definition) is 5. The van der Waals surface area contributed by atoms with Crippen molar-refractivity contribution in [3.63, 3.8) is 0 Å². The first-order valence-corrected chi connectivity index (χ1v) is 6.40. The molecule has 1 rings (SSSR count). The average Bonchev–Trinajstić information content (AvgIpc) is 2.22. The summed E-state index contributed by atoms with van der Waals surface area (Å²) in [5.41, 5.74) is -0.976. The lowest BCUT2D eigenvalue weighted by Gasteiger charge is -2.13.